The summed E-state index contributed by atoms with van der Waals surface area (Å²) in [6, 6.07) is 5.15. The third-order valence-corrected chi connectivity index (χ3v) is 4.82. The van der Waals surface area contributed by atoms with Crippen molar-refractivity contribution in [3.8, 4) is 0 Å². The van der Waals surface area contributed by atoms with Crippen molar-refractivity contribution in [2.24, 2.45) is 5.92 Å². The van der Waals surface area contributed by atoms with Crippen molar-refractivity contribution in [2.75, 3.05) is 26.8 Å². The summed E-state index contributed by atoms with van der Waals surface area (Å²) in [5.41, 5.74) is -1.59. The van der Waals surface area contributed by atoms with Gasteiger partial charge in [-0.2, -0.15) is 13.2 Å². The fourth-order valence-corrected chi connectivity index (χ4v) is 3.45. The molecule has 1 fully saturated rings. The summed E-state index contributed by atoms with van der Waals surface area (Å²) >= 11 is 0. The summed E-state index contributed by atoms with van der Waals surface area (Å²) in [6.45, 7) is 2.09. The number of nitrogens with one attached hydrogen (secondary N) is 1. The average molecular weight is 345 g/mol. The van der Waals surface area contributed by atoms with Gasteiger partial charge in [0.15, 0.2) is 0 Å². The van der Waals surface area contributed by atoms with Gasteiger partial charge in [-0.15, -0.1) is 0 Å². The summed E-state index contributed by atoms with van der Waals surface area (Å²) in [4.78, 5) is 0. The predicted octanol–water partition coefficient (Wildman–Crippen LogP) is 3.71. The standard InChI is InChI=1S/C18H26F3NO2/c1-24-11-3-2-9-17(23,16-8-5-10-22-13-16)14-6-4-7-15(12-14)18(19,20)21/h4,6-7,12,16,22-23H,2-3,5,8-11,13H2,1H3. The highest BCUT2D eigenvalue weighted by Gasteiger charge is 2.40. The van der Waals surface area contributed by atoms with E-state index in [0.29, 0.717) is 31.6 Å². The van der Waals surface area contributed by atoms with Gasteiger partial charge in [0.05, 0.1) is 11.2 Å². The molecule has 6 heteroatoms. The van der Waals surface area contributed by atoms with Crippen LogP contribution in [0.25, 0.3) is 0 Å². The lowest BCUT2D eigenvalue weighted by atomic mass is 9.74. The summed E-state index contributed by atoms with van der Waals surface area (Å²) in [6.07, 6.45) is -0.759. The first-order valence-corrected chi connectivity index (χ1v) is 8.47. The Labute approximate surface area is 141 Å². The number of rotatable bonds is 7. The van der Waals surface area contributed by atoms with E-state index in [-0.39, 0.29) is 5.92 Å². The number of benzene rings is 1. The van der Waals surface area contributed by atoms with Gasteiger partial charge < -0.3 is 15.2 Å². The van der Waals surface area contributed by atoms with Crippen molar-refractivity contribution in [1.29, 1.82) is 0 Å². The molecule has 24 heavy (non-hydrogen) atoms. The minimum absolute atomic E-state index is 0.0859. The van der Waals surface area contributed by atoms with Crippen LogP contribution in [0.2, 0.25) is 0 Å². The highest BCUT2D eigenvalue weighted by molar-refractivity contribution is 5.31. The fraction of sp³-hybridized carbons (Fsp3) is 0.667. The van der Waals surface area contributed by atoms with Crippen molar-refractivity contribution in [3.05, 3.63) is 35.4 Å². The van der Waals surface area contributed by atoms with Crippen LogP contribution >= 0.6 is 0 Å². The van der Waals surface area contributed by atoms with E-state index in [4.69, 9.17) is 4.74 Å². The summed E-state index contributed by atoms with van der Waals surface area (Å²) in [5, 5.41) is 14.6. The van der Waals surface area contributed by atoms with Crippen LogP contribution in [0.4, 0.5) is 13.2 Å². The van der Waals surface area contributed by atoms with E-state index in [0.717, 1.165) is 37.9 Å². The number of aliphatic hydroxyl groups is 1. The van der Waals surface area contributed by atoms with Gasteiger partial charge in [0, 0.05) is 26.2 Å². The highest BCUT2D eigenvalue weighted by Crippen LogP contribution is 2.40. The zero-order valence-corrected chi connectivity index (χ0v) is 14.0. The number of hydrogen-bond acceptors (Lipinski definition) is 3. The molecule has 1 aliphatic rings. The summed E-state index contributed by atoms with van der Waals surface area (Å²) in [7, 11) is 1.62. The minimum atomic E-state index is -4.40. The number of piperidine rings is 1. The second-order valence-corrected chi connectivity index (χ2v) is 6.50. The topological polar surface area (TPSA) is 41.5 Å². The molecule has 2 atom stereocenters. The van der Waals surface area contributed by atoms with Crippen molar-refractivity contribution < 1.29 is 23.0 Å². The Morgan fingerprint density at radius 2 is 2.00 bits per heavy atom. The zero-order chi connectivity index (χ0) is 17.6. The fourth-order valence-electron chi connectivity index (χ4n) is 3.45. The van der Waals surface area contributed by atoms with Crippen LogP contribution in [0.3, 0.4) is 0 Å². The second kappa shape index (κ2) is 8.32. The second-order valence-electron chi connectivity index (χ2n) is 6.50. The number of halogens is 3. The Morgan fingerprint density at radius 3 is 2.62 bits per heavy atom. The molecule has 1 aliphatic heterocycles. The number of hydrogen-bond donors (Lipinski definition) is 2. The van der Waals surface area contributed by atoms with Gasteiger partial charge in [0.25, 0.3) is 0 Å². The molecule has 0 aromatic heterocycles. The number of unbranched alkanes of at least 4 members (excludes halogenated alkanes) is 1. The van der Waals surface area contributed by atoms with E-state index in [2.05, 4.69) is 5.32 Å². The van der Waals surface area contributed by atoms with Crippen LogP contribution in [0.1, 0.15) is 43.2 Å². The summed E-state index contributed by atoms with van der Waals surface area (Å²) in [5.74, 6) is -0.0859. The Morgan fingerprint density at radius 1 is 1.25 bits per heavy atom. The monoisotopic (exact) mass is 345 g/mol. The van der Waals surface area contributed by atoms with Crippen molar-refractivity contribution in [1.82, 2.24) is 5.32 Å². The normalized spacial score (nSPS) is 21.5. The number of alkyl halides is 3. The molecular formula is C18H26F3NO2. The molecule has 2 rings (SSSR count). The third-order valence-electron chi connectivity index (χ3n) is 4.82. The minimum Gasteiger partial charge on any atom is -0.385 e. The Kier molecular flexibility index (Phi) is 6.66. The smallest absolute Gasteiger partial charge is 0.385 e. The molecule has 0 radical (unpaired) electrons. The van der Waals surface area contributed by atoms with Gasteiger partial charge in [-0.3, -0.25) is 0 Å². The third kappa shape index (κ3) is 4.71. The van der Waals surface area contributed by atoms with Crippen LogP contribution < -0.4 is 5.32 Å². The van der Waals surface area contributed by atoms with Gasteiger partial charge in [-0.25, -0.2) is 0 Å². The molecule has 0 amide bonds. The molecule has 2 N–H and O–H groups in total. The SMILES string of the molecule is COCCCCC(O)(c1cccc(C(F)(F)F)c1)C1CCCNC1. The molecule has 0 bridgehead atoms. The molecule has 3 nitrogen and oxygen atoms in total. The van der Waals surface area contributed by atoms with Gasteiger partial charge in [0.1, 0.15) is 0 Å². The molecule has 0 aliphatic carbocycles. The Balaban J connectivity index is 2.27. The quantitative estimate of drug-likeness (QED) is 0.740. The lowest BCUT2D eigenvalue weighted by Crippen LogP contribution is -2.44. The molecule has 1 aromatic rings. The van der Waals surface area contributed by atoms with Crippen LogP contribution in [0, 0.1) is 5.92 Å². The number of methoxy groups -OCH3 is 1. The zero-order valence-electron chi connectivity index (χ0n) is 14.0. The molecule has 0 saturated carbocycles. The van der Waals surface area contributed by atoms with Gasteiger partial charge in [-0.1, -0.05) is 12.1 Å². The first kappa shape index (κ1) is 19.2. The van der Waals surface area contributed by atoms with Gasteiger partial charge in [0.2, 0.25) is 0 Å². The molecule has 136 valence electrons. The van der Waals surface area contributed by atoms with Crippen LogP contribution in [-0.4, -0.2) is 31.9 Å². The Hall–Kier alpha value is -1.11. The molecule has 1 heterocycles. The van der Waals surface area contributed by atoms with Crippen LogP contribution in [0.15, 0.2) is 24.3 Å². The predicted molar refractivity (Wildman–Crippen MR) is 86.7 cm³/mol. The van der Waals surface area contributed by atoms with E-state index < -0.39 is 17.3 Å². The first-order valence-electron chi connectivity index (χ1n) is 8.47. The Bertz CT molecular complexity index is 515. The average Bonchev–Trinajstić information content (AvgIpc) is 2.59. The maximum Gasteiger partial charge on any atom is 0.416 e. The van der Waals surface area contributed by atoms with E-state index in [1.165, 1.54) is 6.07 Å². The first-order chi connectivity index (χ1) is 11.4. The maximum absolute atomic E-state index is 13.0. The highest BCUT2D eigenvalue weighted by atomic mass is 19.4. The molecular weight excluding hydrogens is 319 g/mol. The van der Waals surface area contributed by atoms with Crippen molar-refractivity contribution in [3.63, 3.8) is 0 Å². The van der Waals surface area contributed by atoms with Crippen molar-refractivity contribution in [2.45, 2.75) is 43.9 Å². The number of ether oxygens (including phenoxy) is 1. The molecule has 1 aromatic carbocycles. The van der Waals surface area contributed by atoms with E-state index in [1.807, 2.05) is 0 Å². The molecule has 2 unspecified atom stereocenters. The lowest BCUT2D eigenvalue weighted by Gasteiger charge is -2.39. The van der Waals surface area contributed by atoms with E-state index >= 15 is 0 Å². The summed E-state index contributed by atoms with van der Waals surface area (Å²) < 4.78 is 44.1. The van der Waals surface area contributed by atoms with E-state index in [9.17, 15) is 18.3 Å². The van der Waals surface area contributed by atoms with Crippen molar-refractivity contribution >= 4 is 0 Å². The lowest BCUT2D eigenvalue weighted by molar-refractivity contribution is -0.137. The maximum atomic E-state index is 13.0. The van der Waals surface area contributed by atoms with Crippen LogP contribution in [-0.2, 0) is 16.5 Å². The van der Waals surface area contributed by atoms with Crippen LogP contribution in [0.5, 0.6) is 0 Å². The van der Waals surface area contributed by atoms with Gasteiger partial charge in [-0.05, 0) is 56.3 Å². The van der Waals surface area contributed by atoms with Gasteiger partial charge >= 0.3 is 6.18 Å². The largest absolute Gasteiger partial charge is 0.416 e. The molecule has 1 saturated heterocycles. The van der Waals surface area contributed by atoms with E-state index in [1.54, 1.807) is 13.2 Å². The molecule has 0 spiro atoms.